The van der Waals surface area contributed by atoms with E-state index in [1.807, 2.05) is 42.5 Å². The van der Waals surface area contributed by atoms with E-state index in [9.17, 15) is 5.11 Å². The van der Waals surface area contributed by atoms with Gasteiger partial charge in [-0.25, -0.2) is 4.98 Å². The first-order chi connectivity index (χ1) is 11.8. The van der Waals surface area contributed by atoms with Crippen LogP contribution in [0.3, 0.4) is 0 Å². The third-order valence-electron chi connectivity index (χ3n) is 3.36. The van der Waals surface area contributed by atoms with Crippen molar-refractivity contribution in [3.05, 3.63) is 60.8 Å². The maximum Gasteiger partial charge on any atom is 0.181 e. The molecule has 2 aromatic carbocycles. The number of rotatable bonds is 6. The van der Waals surface area contributed by atoms with Gasteiger partial charge in [0.2, 0.25) is 0 Å². The molecule has 1 atom stereocenters. The van der Waals surface area contributed by atoms with Crippen LogP contribution in [0.5, 0.6) is 5.75 Å². The molecule has 1 unspecified atom stereocenters. The largest absolute Gasteiger partial charge is 0.491 e. The highest BCUT2D eigenvalue weighted by Crippen LogP contribution is 2.20. The summed E-state index contributed by atoms with van der Waals surface area (Å²) in [5.74, 6) is 1.34. The van der Waals surface area contributed by atoms with Crippen LogP contribution in [0.1, 0.15) is 0 Å². The summed E-state index contributed by atoms with van der Waals surface area (Å²) < 4.78 is 5.44. The molecule has 24 heavy (non-hydrogen) atoms. The lowest BCUT2D eigenvalue weighted by Crippen LogP contribution is -2.18. The van der Waals surface area contributed by atoms with E-state index in [0.717, 1.165) is 16.8 Å². The van der Waals surface area contributed by atoms with E-state index in [0.29, 0.717) is 11.6 Å². The summed E-state index contributed by atoms with van der Waals surface area (Å²) in [6.45, 7) is 0.159. The number of alkyl halides is 1. The Kier molecular flexibility index (Phi) is 5.36. The molecule has 5 nitrogen and oxygen atoms in total. The summed E-state index contributed by atoms with van der Waals surface area (Å²) >= 11 is 5.53. The Hall–Kier alpha value is -2.50. The van der Waals surface area contributed by atoms with Crippen molar-refractivity contribution in [3.8, 4) is 28.4 Å². The van der Waals surface area contributed by atoms with E-state index in [1.54, 1.807) is 18.3 Å². The number of benzene rings is 2. The second kappa shape index (κ2) is 7.86. The van der Waals surface area contributed by atoms with Gasteiger partial charge in [0, 0.05) is 11.1 Å². The normalized spacial score (nSPS) is 11.9. The molecule has 0 aliphatic rings. The highest BCUT2D eigenvalue weighted by atomic mass is 35.5. The lowest BCUT2D eigenvalue weighted by atomic mass is 10.1. The molecule has 1 aromatic heterocycles. The molecule has 0 spiro atoms. The second-order valence-corrected chi connectivity index (χ2v) is 5.49. The van der Waals surface area contributed by atoms with Crippen LogP contribution in [0, 0.1) is 0 Å². The number of halogens is 1. The number of aliphatic hydroxyl groups excluding tert-OH is 1. The van der Waals surface area contributed by atoms with Gasteiger partial charge in [-0.2, -0.15) is 0 Å². The summed E-state index contributed by atoms with van der Waals surface area (Å²) in [5, 5.41) is 17.8. The molecule has 0 aliphatic heterocycles. The lowest BCUT2D eigenvalue weighted by Gasteiger charge is -2.09. The fraction of sp³-hybridized carbons (Fsp3) is 0.167. The van der Waals surface area contributed by atoms with Gasteiger partial charge in [0.05, 0.1) is 12.1 Å². The number of aliphatic hydroxyl groups is 1. The molecule has 1 N–H and O–H groups in total. The molecule has 0 saturated heterocycles. The monoisotopic (exact) mass is 341 g/mol. The van der Waals surface area contributed by atoms with E-state index in [-0.39, 0.29) is 12.5 Å². The van der Waals surface area contributed by atoms with Gasteiger partial charge < -0.3 is 9.84 Å². The molecule has 122 valence electrons. The van der Waals surface area contributed by atoms with Crippen molar-refractivity contribution >= 4 is 11.6 Å². The van der Waals surface area contributed by atoms with Gasteiger partial charge >= 0.3 is 0 Å². The van der Waals surface area contributed by atoms with Crippen molar-refractivity contribution in [2.75, 3.05) is 12.5 Å². The van der Waals surface area contributed by atoms with E-state index < -0.39 is 6.10 Å². The number of nitrogens with zero attached hydrogens (tertiary/aromatic N) is 3. The van der Waals surface area contributed by atoms with Gasteiger partial charge in [0.25, 0.3) is 0 Å². The van der Waals surface area contributed by atoms with Crippen LogP contribution in [0.15, 0.2) is 60.8 Å². The number of hydrogen-bond acceptors (Lipinski definition) is 5. The van der Waals surface area contributed by atoms with Gasteiger partial charge in [-0.1, -0.05) is 30.3 Å². The van der Waals surface area contributed by atoms with E-state index in [1.165, 1.54) is 0 Å². The first-order valence-electron chi connectivity index (χ1n) is 7.48. The Bertz CT molecular complexity index is 765. The first kappa shape index (κ1) is 16.4. The highest BCUT2D eigenvalue weighted by Gasteiger charge is 2.06. The molecule has 0 aliphatic carbocycles. The summed E-state index contributed by atoms with van der Waals surface area (Å²) in [5.41, 5.74) is 2.55. The standard InChI is InChI=1S/C18H16ClN3O2/c19-10-15(23)12-24-16-8-6-14(7-9-16)18-20-11-17(21-22-18)13-4-2-1-3-5-13/h1-9,11,15,23H,10,12H2. The molecule has 0 radical (unpaired) electrons. The van der Waals surface area contributed by atoms with Gasteiger partial charge in [0.15, 0.2) is 5.82 Å². The van der Waals surface area contributed by atoms with Gasteiger partial charge in [-0.05, 0) is 24.3 Å². The smallest absolute Gasteiger partial charge is 0.181 e. The second-order valence-electron chi connectivity index (χ2n) is 5.18. The Morgan fingerprint density at radius 2 is 1.71 bits per heavy atom. The quantitative estimate of drug-likeness (QED) is 0.697. The summed E-state index contributed by atoms with van der Waals surface area (Å²) in [7, 11) is 0. The SMILES string of the molecule is OC(CCl)COc1ccc(-c2ncc(-c3ccccc3)nn2)cc1. The van der Waals surface area contributed by atoms with Crippen molar-refractivity contribution in [1.29, 1.82) is 0 Å². The van der Waals surface area contributed by atoms with Crippen LogP contribution in [0.4, 0.5) is 0 Å². The number of hydrogen-bond donors (Lipinski definition) is 1. The summed E-state index contributed by atoms with van der Waals surface area (Å²) in [6.07, 6.45) is 1.03. The first-order valence-corrected chi connectivity index (χ1v) is 8.02. The minimum Gasteiger partial charge on any atom is -0.491 e. The molecule has 3 rings (SSSR count). The van der Waals surface area contributed by atoms with Crippen molar-refractivity contribution in [2.24, 2.45) is 0 Å². The lowest BCUT2D eigenvalue weighted by molar-refractivity contribution is 0.125. The van der Waals surface area contributed by atoms with Crippen LogP contribution in [0.2, 0.25) is 0 Å². The maximum absolute atomic E-state index is 9.39. The van der Waals surface area contributed by atoms with E-state index in [2.05, 4.69) is 15.2 Å². The number of ether oxygens (including phenoxy) is 1. The molecule has 0 saturated carbocycles. The molecule has 1 heterocycles. The van der Waals surface area contributed by atoms with Crippen molar-refractivity contribution < 1.29 is 9.84 Å². The third-order valence-corrected chi connectivity index (χ3v) is 3.72. The van der Waals surface area contributed by atoms with Crippen molar-refractivity contribution in [3.63, 3.8) is 0 Å². The molecule has 0 fully saturated rings. The summed E-state index contributed by atoms with van der Waals surface area (Å²) in [4.78, 5) is 4.37. The minimum atomic E-state index is -0.676. The number of aromatic nitrogens is 3. The van der Waals surface area contributed by atoms with Crippen LogP contribution >= 0.6 is 11.6 Å². The van der Waals surface area contributed by atoms with Gasteiger partial charge in [-0.15, -0.1) is 21.8 Å². The maximum atomic E-state index is 9.39. The minimum absolute atomic E-state index is 0.144. The zero-order valence-electron chi connectivity index (χ0n) is 12.8. The van der Waals surface area contributed by atoms with Gasteiger partial charge in [-0.3, -0.25) is 0 Å². The zero-order valence-corrected chi connectivity index (χ0v) is 13.6. The molecular weight excluding hydrogens is 326 g/mol. The van der Waals surface area contributed by atoms with E-state index in [4.69, 9.17) is 16.3 Å². The average Bonchev–Trinajstić information content (AvgIpc) is 2.67. The van der Waals surface area contributed by atoms with Crippen LogP contribution in [-0.4, -0.2) is 38.9 Å². The molecule has 0 amide bonds. The summed E-state index contributed by atoms with van der Waals surface area (Å²) in [6, 6.07) is 17.1. The molecule has 3 aromatic rings. The molecular formula is C18H16ClN3O2. The van der Waals surface area contributed by atoms with Crippen LogP contribution in [-0.2, 0) is 0 Å². The fourth-order valence-corrected chi connectivity index (χ4v) is 2.17. The molecule has 6 heteroatoms. The van der Waals surface area contributed by atoms with E-state index >= 15 is 0 Å². The van der Waals surface area contributed by atoms with Crippen LogP contribution < -0.4 is 4.74 Å². The average molecular weight is 342 g/mol. The Balaban J connectivity index is 1.70. The third kappa shape index (κ3) is 4.07. The fourth-order valence-electron chi connectivity index (χ4n) is 2.09. The predicted molar refractivity (Wildman–Crippen MR) is 92.9 cm³/mol. The van der Waals surface area contributed by atoms with Crippen molar-refractivity contribution in [1.82, 2.24) is 15.2 Å². The zero-order chi connectivity index (χ0) is 16.8. The van der Waals surface area contributed by atoms with Crippen LogP contribution in [0.25, 0.3) is 22.6 Å². The van der Waals surface area contributed by atoms with Gasteiger partial charge in [0.1, 0.15) is 24.2 Å². The predicted octanol–water partition coefficient (Wildman–Crippen LogP) is 3.18. The Morgan fingerprint density at radius 1 is 0.958 bits per heavy atom. The Morgan fingerprint density at radius 3 is 2.33 bits per heavy atom. The Labute approximate surface area is 144 Å². The topological polar surface area (TPSA) is 68.1 Å². The highest BCUT2D eigenvalue weighted by molar-refractivity contribution is 6.18. The molecule has 0 bridgehead atoms. The van der Waals surface area contributed by atoms with Crippen molar-refractivity contribution in [2.45, 2.75) is 6.10 Å².